The first-order valence-corrected chi connectivity index (χ1v) is 8.60. The van der Waals surface area contributed by atoms with Gasteiger partial charge in [-0.1, -0.05) is 0 Å². The molecule has 0 radical (unpaired) electrons. The summed E-state index contributed by atoms with van der Waals surface area (Å²) < 4.78 is 7.96. The lowest BCUT2D eigenvalue weighted by Crippen LogP contribution is -2.58. The molecule has 7 heteroatoms. The lowest BCUT2D eigenvalue weighted by molar-refractivity contribution is -0.135. The monoisotopic (exact) mass is 324 g/mol. The first kappa shape index (κ1) is 15.8. The summed E-state index contributed by atoms with van der Waals surface area (Å²) in [5.41, 5.74) is 1.27. The molecular weight excluding hydrogens is 300 g/mol. The Morgan fingerprint density at radius 2 is 2.32 bits per heavy atom. The second kappa shape index (κ2) is 6.22. The predicted molar refractivity (Wildman–Crippen MR) is 86.7 cm³/mol. The molecule has 0 saturated carbocycles. The molecule has 3 rings (SSSR count). The zero-order valence-corrected chi connectivity index (χ0v) is 14.3. The highest BCUT2D eigenvalue weighted by Gasteiger charge is 2.49. The maximum Gasteiger partial charge on any atom is 0.248 e. The van der Waals surface area contributed by atoms with Gasteiger partial charge < -0.3 is 9.64 Å². The van der Waals surface area contributed by atoms with Crippen molar-refractivity contribution < 1.29 is 9.53 Å². The van der Waals surface area contributed by atoms with E-state index in [1.807, 2.05) is 29.7 Å². The third-order valence-corrected chi connectivity index (χ3v) is 5.88. The van der Waals surface area contributed by atoms with Gasteiger partial charge in [0.2, 0.25) is 5.91 Å². The van der Waals surface area contributed by atoms with Crippen molar-refractivity contribution in [3.63, 3.8) is 0 Å². The second-order valence-corrected chi connectivity index (χ2v) is 8.07. The van der Waals surface area contributed by atoms with Gasteiger partial charge in [-0.3, -0.25) is 14.4 Å². The lowest BCUT2D eigenvalue weighted by Gasteiger charge is -2.47. The number of carbonyl (C=O) groups is 1. The molecule has 2 aliphatic heterocycles. The summed E-state index contributed by atoms with van der Waals surface area (Å²) in [4.78, 5) is 15.6. The molecule has 1 spiro atoms. The minimum atomic E-state index is 0.0396. The Kier molecular flexibility index (Phi) is 4.47. The summed E-state index contributed by atoms with van der Waals surface area (Å²) in [6.45, 7) is 3.39. The minimum Gasteiger partial charge on any atom is -0.367 e. The van der Waals surface area contributed by atoms with Gasteiger partial charge in [0.05, 0.1) is 12.3 Å². The van der Waals surface area contributed by atoms with E-state index in [9.17, 15) is 4.79 Å². The van der Waals surface area contributed by atoms with Crippen LogP contribution >= 0.6 is 11.8 Å². The lowest BCUT2D eigenvalue weighted by atomic mass is 9.92. The van der Waals surface area contributed by atoms with Gasteiger partial charge in [0, 0.05) is 63.0 Å². The van der Waals surface area contributed by atoms with Crippen LogP contribution in [0.4, 0.5) is 0 Å². The zero-order valence-electron chi connectivity index (χ0n) is 13.5. The first-order chi connectivity index (χ1) is 10.5. The van der Waals surface area contributed by atoms with Crippen LogP contribution in [0.1, 0.15) is 12.0 Å². The molecule has 6 nitrogen and oxygen atoms in total. The second-order valence-electron chi connectivity index (χ2n) is 6.59. The fourth-order valence-electron chi connectivity index (χ4n) is 3.14. The SMILES string of the molecule is CN(C)C(=O)COC1CSC2(C1)CN(Cc1cnn(C)c1)C2. The van der Waals surface area contributed by atoms with Gasteiger partial charge in [-0.05, 0) is 6.42 Å². The summed E-state index contributed by atoms with van der Waals surface area (Å²) in [6, 6.07) is 0. The fraction of sp³-hybridized carbons (Fsp3) is 0.733. The number of amides is 1. The van der Waals surface area contributed by atoms with Crippen LogP contribution in [0.2, 0.25) is 0 Å². The van der Waals surface area contributed by atoms with Crippen LogP contribution in [0.25, 0.3) is 0 Å². The Hall–Kier alpha value is -1.05. The predicted octanol–water partition coefficient (Wildman–Crippen LogP) is 0.585. The van der Waals surface area contributed by atoms with E-state index in [2.05, 4.69) is 16.2 Å². The van der Waals surface area contributed by atoms with Crippen LogP contribution in [-0.4, -0.2) is 75.9 Å². The summed E-state index contributed by atoms with van der Waals surface area (Å²) in [6.07, 6.45) is 5.29. The number of carbonyl (C=O) groups excluding carboxylic acids is 1. The van der Waals surface area contributed by atoms with Gasteiger partial charge in [0.15, 0.2) is 0 Å². The van der Waals surface area contributed by atoms with Crippen molar-refractivity contribution in [2.45, 2.75) is 23.8 Å². The number of hydrogen-bond acceptors (Lipinski definition) is 5. The number of aromatic nitrogens is 2. The van der Waals surface area contributed by atoms with Crippen molar-refractivity contribution in [1.82, 2.24) is 19.6 Å². The molecule has 1 atom stereocenters. The van der Waals surface area contributed by atoms with Gasteiger partial charge in [-0.2, -0.15) is 5.10 Å². The molecule has 1 aromatic rings. The number of likely N-dealkylation sites (tertiary alicyclic amines) is 1. The quantitative estimate of drug-likeness (QED) is 0.793. The number of ether oxygens (including phenoxy) is 1. The minimum absolute atomic E-state index is 0.0396. The topological polar surface area (TPSA) is 50.6 Å². The van der Waals surface area contributed by atoms with E-state index < -0.39 is 0 Å². The molecule has 1 unspecified atom stereocenters. The van der Waals surface area contributed by atoms with Gasteiger partial charge in [-0.15, -0.1) is 11.8 Å². The first-order valence-electron chi connectivity index (χ1n) is 7.61. The number of nitrogens with zero attached hydrogens (tertiary/aromatic N) is 4. The summed E-state index contributed by atoms with van der Waals surface area (Å²) >= 11 is 2.01. The van der Waals surface area contributed by atoms with E-state index >= 15 is 0 Å². The van der Waals surface area contributed by atoms with Gasteiger partial charge >= 0.3 is 0 Å². The van der Waals surface area contributed by atoms with E-state index in [-0.39, 0.29) is 18.6 Å². The van der Waals surface area contributed by atoms with Crippen molar-refractivity contribution in [2.75, 3.05) is 39.5 Å². The Bertz CT molecular complexity index is 539. The van der Waals surface area contributed by atoms with E-state index in [1.54, 1.807) is 19.0 Å². The highest BCUT2D eigenvalue weighted by atomic mass is 32.2. The number of hydrogen-bond donors (Lipinski definition) is 0. The van der Waals surface area contributed by atoms with Crippen LogP contribution in [-0.2, 0) is 23.1 Å². The average Bonchev–Trinajstić information content (AvgIpc) is 3.02. The summed E-state index contributed by atoms with van der Waals surface area (Å²) in [5, 5.41) is 4.21. The molecule has 2 aliphatic rings. The zero-order chi connectivity index (χ0) is 15.7. The van der Waals surface area contributed by atoms with Gasteiger partial charge in [0.25, 0.3) is 0 Å². The maximum atomic E-state index is 11.6. The number of rotatable bonds is 5. The number of aryl methyl sites for hydroxylation is 1. The van der Waals surface area contributed by atoms with Crippen LogP contribution in [0.15, 0.2) is 12.4 Å². The molecule has 2 fully saturated rings. The van der Waals surface area contributed by atoms with E-state index in [4.69, 9.17) is 4.74 Å². The molecule has 3 heterocycles. The van der Waals surface area contributed by atoms with Crippen molar-refractivity contribution in [1.29, 1.82) is 0 Å². The Morgan fingerprint density at radius 3 is 2.95 bits per heavy atom. The Balaban J connectivity index is 1.41. The summed E-state index contributed by atoms with van der Waals surface area (Å²) in [7, 11) is 5.47. The highest BCUT2D eigenvalue weighted by Crippen LogP contribution is 2.46. The number of likely N-dealkylation sites (N-methyl/N-ethyl adjacent to an activating group) is 1. The van der Waals surface area contributed by atoms with Gasteiger partial charge in [-0.25, -0.2) is 0 Å². The largest absolute Gasteiger partial charge is 0.367 e. The van der Waals surface area contributed by atoms with Crippen molar-refractivity contribution in [3.8, 4) is 0 Å². The van der Waals surface area contributed by atoms with E-state index in [0.717, 1.165) is 31.8 Å². The maximum absolute atomic E-state index is 11.6. The third kappa shape index (κ3) is 3.47. The molecule has 2 saturated heterocycles. The molecular formula is C15H24N4O2S. The highest BCUT2D eigenvalue weighted by molar-refractivity contribution is 8.01. The van der Waals surface area contributed by atoms with Crippen LogP contribution in [0.3, 0.4) is 0 Å². The van der Waals surface area contributed by atoms with Crippen LogP contribution < -0.4 is 0 Å². The van der Waals surface area contributed by atoms with Crippen LogP contribution in [0, 0.1) is 0 Å². The molecule has 1 amide bonds. The Labute approximate surface area is 135 Å². The molecule has 0 aliphatic carbocycles. The van der Waals surface area contributed by atoms with E-state index in [1.165, 1.54) is 5.56 Å². The van der Waals surface area contributed by atoms with Gasteiger partial charge in [0.1, 0.15) is 6.61 Å². The molecule has 0 N–H and O–H groups in total. The normalized spacial score (nSPS) is 23.7. The molecule has 1 aromatic heterocycles. The smallest absolute Gasteiger partial charge is 0.248 e. The molecule has 0 bridgehead atoms. The molecule has 0 aromatic carbocycles. The standard InChI is InChI=1S/C15H24N4O2S/c1-17(2)14(20)8-21-13-4-15(22-9-13)10-19(11-15)7-12-5-16-18(3)6-12/h5-6,13H,4,7-11H2,1-3H3. The third-order valence-electron chi connectivity index (χ3n) is 4.30. The molecule has 22 heavy (non-hydrogen) atoms. The number of thioether (sulfide) groups is 1. The summed E-state index contributed by atoms with van der Waals surface area (Å²) in [5.74, 6) is 1.04. The van der Waals surface area contributed by atoms with Crippen molar-refractivity contribution >= 4 is 17.7 Å². The van der Waals surface area contributed by atoms with Crippen molar-refractivity contribution in [3.05, 3.63) is 18.0 Å². The van der Waals surface area contributed by atoms with E-state index in [0.29, 0.717) is 4.75 Å². The average molecular weight is 324 g/mol. The van der Waals surface area contributed by atoms with Crippen molar-refractivity contribution in [2.24, 2.45) is 7.05 Å². The Morgan fingerprint density at radius 1 is 1.55 bits per heavy atom. The molecule has 122 valence electrons. The fourth-order valence-corrected chi connectivity index (χ4v) is 4.75. The van der Waals surface area contributed by atoms with Crippen LogP contribution in [0.5, 0.6) is 0 Å².